The first-order chi connectivity index (χ1) is 7.36. The third-order valence-electron chi connectivity index (χ3n) is 2.58. The molecule has 0 radical (unpaired) electrons. The number of H-pyrrole nitrogens is 1. The van der Waals surface area contributed by atoms with E-state index in [-0.39, 0.29) is 0 Å². The highest BCUT2D eigenvalue weighted by atomic mass is 15.1. The zero-order valence-electron chi connectivity index (χ0n) is 9.92. The van der Waals surface area contributed by atoms with Crippen molar-refractivity contribution in [2.24, 2.45) is 0 Å². The molecule has 3 heteroatoms. The van der Waals surface area contributed by atoms with Crippen LogP contribution in [0, 0.1) is 0 Å². The fourth-order valence-electron chi connectivity index (χ4n) is 1.68. The Morgan fingerprint density at radius 2 is 2.20 bits per heavy atom. The number of hydrogen-bond acceptors (Lipinski definition) is 2. The maximum Gasteiger partial charge on any atom is 0.0220 e. The molecule has 0 amide bonds. The number of nitrogens with zero attached hydrogens (tertiary/aromatic N) is 1. The van der Waals surface area contributed by atoms with E-state index in [1.165, 1.54) is 18.5 Å². The SMILES string of the molecule is CCCN(CC)CCNCc1cc[nH]c1. The van der Waals surface area contributed by atoms with Gasteiger partial charge in [-0.25, -0.2) is 0 Å². The number of nitrogens with one attached hydrogen (secondary N) is 2. The Bertz CT molecular complexity index is 231. The van der Waals surface area contributed by atoms with Crippen molar-refractivity contribution in [1.82, 2.24) is 15.2 Å². The monoisotopic (exact) mass is 209 g/mol. The lowest BCUT2D eigenvalue weighted by Gasteiger charge is -2.19. The van der Waals surface area contributed by atoms with Gasteiger partial charge in [-0.15, -0.1) is 0 Å². The second-order valence-corrected chi connectivity index (χ2v) is 3.83. The third-order valence-corrected chi connectivity index (χ3v) is 2.58. The van der Waals surface area contributed by atoms with Crippen molar-refractivity contribution in [2.45, 2.75) is 26.8 Å². The van der Waals surface area contributed by atoms with Crippen LogP contribution in [0.3, 0.4) is 0 Å². The number of aromatic nitrogens is 1. The van der Waals surface area contributed by atoms with E-state index in [1.54, 1.807) is 0 Å². The van der Waals surface area contributed by atoms with E-state index in [9.17, 15) is 0 Å². The zero-order chi connectivity index (χ0) is 10.9. The highest BCUT2D eigenvalue weighted by Gasteiger charge is 1.99. The average molecular weight is 209 g/mol. The molecule has 15 heavy (non-hydrogen) atoms. The third kappa shape index (κ3) is 5.00. The number of aromatic amines is 1. The molecule has 1 aromatic rings. The van der Waals surface area contributed by atoms with Crippen LogP contribution in [0.2, 0.25) is 0 Å². The molecule has 0 fully saturated rings. The van der Waals surface area contributed by atoms with Crippen LogP contribution >= 0.6 is 0 Å². The van der Waals surface area contributed by atoms with Crippen molar-refractivity contribution < 1.29 is 0 Å². The van der Waals surface area contributed by atoms with E-state index >= 15 is 0 Å². The molecule has 0 unspecified atom stereocenters. The van der Waals surface area contributed by atoms with Crippen LogP contribution in [-0.2, 0) is 6.54 Å². The summed E-state index contributed by atoms with van der Waals surface area (Å²) in [5, 5.41) is 3.45. The van der Waals surface area contributed by atoms with Gasteiger partial charge in [0.05, 0.1) is 0 Å². The summed E-state index contributed by atoms with van der Waals surface area (Å²) in [5.41, 5.74) is 1.33. The van der Waals surface area contributed by atoms with Gasteiger partial charge in [-0.2, -0.15) is 0 Å². The average Bonchev–Trinajstić information content (AvgIpc) is 2.75. The molecule has 1 heterocycles. The van der Waals surface area contributed by atoms with Crippen LogP contribution in [0.5, 0.6) is 0 Å². The van der Waals surface area contributed by atoms with E-state index in [4.69, 9.17) is 0 Å². The molecule has 0 aliphatic carbocycles. The Hall–Kier alpha value is -0.800. The maximum absolute atomic E-state index is 3.45. The van der Waals surface area contributed by atoms with Gasteiger partial charge in [0, 0.05) is 32.0 Å². The second kappa shape index (κ2) is 7.49. The lowest BCUT2D eigenvalue weighted by Crippen LogP contribution is -2.32. The minimum Gasteiger partial charge on any atom is -0.367 e. The maximum atomic E-state index is 3.45. The summed E-state index contributed by atoms with van der Waals surface area (Å²) >= 11 is 0. The Balaban J connectivity index is 2.05. The number of likely N-dealkylation sites (N-methyl/N-ethyl adjacent to an activating group) is 1. The highest BCUT2D eigenvalue weighted by Crippen LogP contribution is 1.95. The lowest BCUT2D eigenvalue weighted by molar-refractivity contribution is 0.287. The lowest BCUT2D eigenvalue weighted by atomic mass is 10.3. The van der Waals surface area contributed by atoms with Crippen LogP contribution in [0.1, 0.15) is 25.8 Å². The van der Waals surface area contributed by atoms with E-state index < -0.39 is 0 Å². The number of hydrogen-bond donors (Lipinski definition) is 2. The molecule has 86 valence electrons. The van der Waals surface area contributed by atoms with Crippen molar-refractivity contribution in [3.63, 3.8) is 0 Å². The summed E-state index contributed by atoms with van der Waals surface area (Å²) in [6.45, 7) is 10.0. The summed E-state index contributed by atoms with van der Waals surface area (Å²) in [4.78, 5) is 5.54. The predicted octanol–water partition coefficient (Wildman–Crippen LogP) is 1.84. The van der Waals surface area contributed by atoms with Gasteiger partial charge >= 0.3 is 0 Å². The van der Waals surface area contributed by atoms with E-state index in [0.29, 0.717) is 0 Å². The smallest absolute Gasteiger partial charge is 0.0220 e. The minimum atomic E-state index is 0.965. The summed E-state index contributed by atoms with van der Waals surface area (Å²) in [6, 6.07) is 2.11. The Morgan fingerprint density at radius 1 is 1.33 bits per heavy atom. The summed E-state index contributed by atoms with van der Waals surface area (Å²) in [5.74, 6) is 0. The van der Waals surface area contributed by atoms with Crippen molar-refractivity contribution >= 4 is 0 Å². The normalized spacial score (nSPS) is 11.1. The zero-order valence-corrected chi connectivity index (χ0v) is 9.92. The van der Waals surface area contributed by atoms with Crippen molar-refractivity contribution in [1.29, 1.82) is 0 Å². The molecule has 3 nitrogen and oxygen atoms in total. The summed E-state index contributed by atoms with van der Waals surface area (Å²) in [7, 11) is 0. The Labute approximate surface area is 92.9 Å². The van der Waals surface area contributed by atoms with Crippen LogP contribution in [0.25, 0.3) is 0 Å². The van der Waals surface area contributed by atoms with E-state index in [2.05, 4.69) is 35.1 Å². The largest absolute Gasteiger partial charge is 0.367 e. The fourth-order valence-corrected chi connectivity index (χ4v) is 1.68. The Kier molecular flexibility index (Phi) is 6.12. The molecule has 0 atom stereocenters. The highest BCUT2D eigenvalue weighted by molar-refractivity contribution is 5.07. The molecule has 0 spiro atoms. The van der Waals surface area contributed by atoms with Gasteiger partial charge < -0.3 is 15.2 Å². The molecule has 1 aromatic heterocycles. The first-order valence-electron chi connectivity index (χ1n) is 5.91. The molecule has 0 aliphatic rings. The molecule has 0 aromatic carbocycles. The predicted molar refractivity (Wildman–Crippen MR) is 64.9 cm³/mol. The number of rotatable bonds is 8. The quantitative estimate of drug-likeness (QED) is 0.640. The van der Waals surface area contributed by atoms with Gasteiger partial charge in [0.2, 0.25) is 0 Å². The molecule has 1 rings (SSSR count). The fraction of sp³-hybridized carbons (Fsp3) is 0.667. The summed E-state index contributed by atoms with van der Waals surface area (Å²) < 4.78 is 0. The van der Waals surface area contributed by atoms with Gasteiger partial charge in [0.15, 0.2) is 0 Å². The van der Waals surface area contributed by atoms with Crippen molar-refractivity contribution in [3.8, 4) is 0 Å². The van der Waals surface area contributed by atoms with Crippen LogP contribution in [-0.4, -0.2) is 36.1 Å². The molecule has 0 bridgehead atoms. The van der Waals surface area contributed by atoms with E-state index in [0.717, 1.165) is 26.2 Å². The molecule has 0 saturated heterocycles. The molecule has 0 saturated carbocycles. The van der Waals surface area contributed by atoms with Gasteiger partial charge in [-0.1, -0.05) is 13.8 Å². The van der Waals surface area contributed by atoms with Gasteiger partial charge in [0.1, 0.15) is 0 Å². The summed E-state index contributed by atoms with van der Waals surface area (Å²) in [6.07, 6.45) is 5.24. The first-order valence-corrected chi connectivity index (χ1v) is 5.91. The minimum absolute atomic E-state index is 0.965. The molecular formula is C12H23N3. The molecular weight excluding hydrogens is 186 g/mol. The van der Waals surface area contributed by atoms with Gasteiger partial charge in [-0.05, 0) is 31.1 Å². The molecule has 0 aliphatic heterocycles. The van der Waals surface area contributed by atoms with Gasteiger partial charge in [-0.3, -0.25) is 0 Å². The van der Waals surface area contributed by atoms with Crippen LogP contribution in [0.15, 0.2) is 18.5 Å². The topological polar surface area (TPSA) is 31.1 Å². The van der Waals surface area contributed by atoms with E-state index in [1.807, 2.05) is 12.4 Å². The second-order valence-electron chi connectivity index (χ2n) is 3.83. The van der Waals surface area contributed by atoms with Crippen molar-refractivity contribution in [2.75, 3.05) is 26.2 Å². The molecule has 2 N–H and O–H groups in total. The van der Waals surface area contributed by atoms with Crippen molar-refractivity contribution in [3.05, 3.63) is 24.0 Å². The van der Waals surface area contributed by atoms with Crippen LogP contribution < -0.4 is 5.32 Å². The van der Waals surface area contributed by atoms with Crippen LogP contribution in [0.4, 0.5) is 0 Å². The Morgan fingerprint density at radius 3 is 2.80 bits per heavy atom. The standard InChI is InChI=1S/C12H23N3/c1-3-8-15(4-2)9-7-14-11-12-5-6-13-10-12/h5-6,10,13-14H,3-4,7-9,11H2,1-2H3. The van der Waals surface area contributed by atoms with Gasteiger partial charge in [0.25, 0.3) is 0 Å². The first kappa shape index (κ1) is 12.3.